The van der Waals surface area contributed by atoms with Crippen LogP contribution in [-0.4, -0.2) is 38.7 Å². The normalized spacial score (nSPS) is 20.9. The predicted octanol–water partition coefficient (Wildman–Crippen LogP) is 4.02. The summed E-state index contributed by atoms with van der Waals surface area (Å²) in [5.41, 5.74) is 1.79. The molecule has 1 aromatic carbocycles. The molecular formula is C20H33IN4. The van der Waals surface area contributed by atoms with Crippen molar-refractivity contribution >= 4 is 35.6 Å². The van der Waals surface area contributed by atoms with Gasteiger partial charge in [0.25, 0.3) is 0 Å². The third-order valence-electron chi connectivity index (χ3n) is 5.67. The molecule has 0 bridgehead atoms. The van der Waals surface area contributed by atoms with Crippen LogP contribution in [0.5, 0.6) is 0 Å². The summed E-state index contributed by atoms with van der Waals surface area (Å²) in [6, 6.07) is 11.3. The van der Waals surface area contributed by atoms with Gasteiger partial charge in [-0.15, -0.1) is 24.0 Å². The molecule has 0 atom stereocenters. The third kappa shape index (κ3) is 5.76. The maximum absolute atomic E-state index is 4.43. The van der Waals surface area contributed by atoms with Crippen LogP contribution in [-0.2, 0) is 0 Å². The molecule has 1 aliphatic carbocycles. The Morgan fingerprint density at radius 1 is 1.16 bits per heavy atom. The Kier molecular flexibility index (Phi) is 7.84. The molecule has 25 heavy (non-hydrogen) atoms. The number of para-hydroxylation sites is 1. The molecule has 1 saturated heterocycles. The lowest BCUT2D eigenvalue weighted by Crippen LogP contribution is -2.50. The fourth-order valence-electron chi connectivity index (χ4n) is 4.01. The van der Waals surface area contributed by atoms with Gasteiger partial charge in [-0.1, -0.05) is 38.0 Å². The molecule has 0 unspecified atom stereocenters. The van der Waals surface area contributed by atoms with Crippen molar-refractivity contribution in [3.8, 4) is 0 Å². The SMILES string of the molecule is CN=C(NCC1(C)CCCC1)NC1CCN(c2ccccc2)CC1.I. The van der Waals surface area contributed by atoms with Crippen LogP contribution >= 0.6 is 24.0 Å². The first kappa shape index (κ1) is 20.3. The predicted molar refractivity (Wildman–Crippen MR) is 118 cm³/mol. The molecule has 1 saturated carbocycles. The van der Waals surface area contributed by atoms with E-state index in [4.69, 9.17) is 0 Å². The fourth-order valence-corrected chi connectivity index (χ4v) is 4.01. The molecular weight excluding hydrogens is 423 g/mol. The van der Waals surface area contributed by atoms with Gasteiger partial charge in [-0.05, 0) is 43.2 Å². The molecule has 140 valence electrons. The molecule has 0 radical (unpaired) electrons. The average Bonchev–Trinajstić information content (AvgIpc) is 3.07. The average molecular weight is 456 g/mol. The lowest BCUT2D eigenvalue weighted by Gasteiger charge is -2.35. The number of aliphatic imine (C=N–C) groups is 1. The minimum atomic E-state index is 0. The maximum atomic E-state index is 4.43. The van der Waals surface area contributed by atoms with E-state index >= 15 is 0 Å². The standard InChI is InChI=1S/C20H32N4.HI/c1-20(12-6-7-13-20)16-22-19(21-2)23-17-10-14-24(15-11-17)18-8-4-3-5-9-18;/h3-5,8-9,17H,6-7,10-16H2,1-2H3,(H2,21,22,23);1H. The number of halogens is 1. The van der Waals surface area contributed by atoms with E-state index in [0.29, 0.717) is 11.5 Å². The minimum Gasteiger partial charge on any atom is -0.371 e. The monoisotopic (exact) mass is 456 g/mol. The van der Waals surface area contributed by atoms with Crippen LogP contribution in [0.1, 0.15) is 45.4 Å². The highest BCUT2D eigenvalue weighted by Crippen LogP contribution is 2.36. The second-order valence-electron chi connectivity index (χ2n) is 7.68. The zero-order chi connectivity index (χ0) is 16.8. The Bertz CT molecular complexity index is 532. The van der Waals surface area contributed by atoms with E-state index < -0.39 is 0 Å². The van der Waals surface area contributed by atoms with Crippen LogP contribution in [0, 0.1) is 5.41 Å². The first-order chi connectivity index (χ1) is 11.7. The Hall–Kier alpha value is -0.980. The van der Waals surface area contributed by atoms with Gasteiger partial charge in [-0.3, -0.25) is 4.99 Å². The summed E-state index contributed by atoms with van der Waals surface area (Å²) >= 11 is 0. The number of piperidine rings is 1. The first-order valence-corrected chi connectivity index (χ1v) is 9.46. The molecule has 1 aromatic rings. The second-order valence-corrected chi connectivity index (χ2v) is 7.68. The molecule has 1 heterocycles. The van der Waals surface area contributed by atoms with E-state index in [1.807, 2.05) is 7.05 Å². The molecule has 2 fully saturated rings. The number of hydrogen-bond donors (Lipinski definition) is 2. The van der Waals surface area contributed by atoms with Crippen molar-refractivity contribution in [2.24, 2.45) is 10.4 Å². The van der Waals surface area contributed by atoms with Crippen molar-refractivity contribution < 1.29 is 0 Å². The van der Waals surface area contributed by atoms with Gasteiger partial charge in [-0.25, -0.2) is 0 Å². The molecule has 3 rings (SSSR count). The third-order valence-corrected chi connectivity index (χ3v) is 5.67. The smallest absolute Gasteiger partial charge is 0.191 e. The van der Waals surface area contributed by atoms with Crippen molar-refractivity contribution in [3.63, 3.8) is 0 Å². The second kappa shape index (κ2) is 9.64. The maximum Gasteiger partial charge on any atom is 0.191 e. The zero-order valence-electron chi connectivity index (χ0n) is 15.6. The van der Waals surface area contributed by atoms with Crippen molar-refractivity contribution in [2.45, 2.75) is 51.5 Å². The van der Waals surface area contributed by atoms with Crippen LogP contribution in [0.4, 0.5) is 5.69 Å². The lowest BCUT2D eigenvalue weighted by atomic mass is 9.89. The van der Waals surface area contributed by atoms with Gasteiger partial charge in [0.15, 0.2) is 5.96 Å². The summed E-state index contributed by atoms with van der Waals surface area (Å²) in [4.78, 5) is 6.91. The van der Waals surface area contributed by atoms with E-state index in [1.165, 1.54) is 31.4 Å². The first-order valence-electron chi connectivity index (χ1n) is 9.46. The zero-order valence-corrected chi connectivity index (χ0v) is 18.0. The van der Waals surface area contributed by atoms with Gasteiger partial charge in [0.2, 0.25) is 0 Å². The molecule has 2 N–H and O–H groups in total. The summed E-state index contributed by atoms with van der Waals surface area (Å²) in [5, 5.41) is 7.20. The van der Waals surface area contributed by atoms with Gasteiger partial charge in [0.05, 0.1) is 0 Å². The van der Waals surface area contributed by atoms with E-state index in [9.17, 15) is 0 Å². The van der Waals surface area contributed by atoms with Crippen LogP contribution in [0.2, 0.25) is 0 Å². The highest BCUT2D eigenvalue weighted by atomic mass is 127. The Balaban J connectivity index is 0.00000225. The van der Waals surface area contributed by atoms with Crippen LogP contribution in [0.15, 0.2) is 35.3 Å². The van der Waals surface area contributed by atoms with Gasteiger partial charge in [0, 0.05) is 38.4 Å². The number of nitrogens with one attached hydrogen (secondary N) is 2. The van der Waals surface area contributed by atoms with Crippen molar-refractivity contribution in [1.82, 2.24) is 10.6 Å². The largest absolute Gasteiger partial charge is 0.371 e. The van der Waals surface area contributed by atoms with Crippen LogP contribution in [0.3, 0.4) is 0 Å². The van der Waals surface area contributed by atoms with E-state index in [1.54, 1.807) is 0 Å². The summed E-state index contributed by atoms with van der Waals surface area (Å²) in [6.07, 6.45) is 7.75. The summed E-state index contributed by atoms with van der Waals surface area (Å²) < 4.78 is 0. The number of nitrogens with zero attached hydrogens (tertiary/aromatic N) is 2. The highest BCUT2D eigenvalue weighted by molar-refractivity contribution is 14.0. The van der Waals surface area contributed by atoms with Crippen molar-refractivity contribution in [3.05, 3.63) is 30.3 Å². The lowest BCUT2D eigenvalue weighted by molar-refractivity contribution is 0.332. The quantitative estimate of drug-likeness (QED) is 0.409. The van der Waals surface area contributed by atoms with Gasteiger partial charge in [0.1, 0.15) is 0 Å². The topological polar surface area (TPSA) is 39.7 Å². The van der Waals surface area contributed by atoms with E-state index in [-0.39, 0.29) is 24.0 Å². The van der Waals surface area contributed by atoms with Crippen molar-refractivity contribution in [2.75, 3.05) is 31.6 Å². The Labute approximate surface area is 169 Å². The number of guanidine groups is 1. The summed E-state index contributed by atoms with van der Waals surface area (Å²) in [6.45, 7) is 5.65. The van der Waals surface area contributed by atoms with Gasteiger partial charge < -0.3 is 15.5 Å². The minimum absolute atomic E-state index is 0. The summed E-state index contributed by atoms with van der Waals surface area (Å²) in [7, 11) is 1.88. The molecule has 4 nitrogen and oxygen atoms in total. The number of benzene rings is 1. The Morgan fingerprint density at radius 3 is 2.40 bits per heavy atom. The van der Waals surface area contributed by atoms with Crippen molar-refractivity contribution in [1.29, 1.82) is 0 Å². The molecule has 5 heteroatoms. The van der Waals surface area contributed by atoms with E-state index in [2.05, 4.69) is 57.8 Å². The molecule has 0 aromatic heterocycles. The molecule has 0 spiro atoms. The molecule has 2 aliphatic rings. The van der Waals surface area contributed by atoms with Gasteiger partial charge in [-0.2, -0.15) is 0 Å². The van der Waals surface area contributed by atoms with Crippen LogP contribution < -0.4 is 15.5 Å². The van der Waals surface area contributed by atoms with E-state index in [0.717, 1.165) is 38.4 Å². The number of rotatable bonds is 4. The number of hydrogen-bond acceptors (Lipinski definition) is 2. The Morgan fingerprint density at radius 2 is 1.80 bits per heavy atom. The molecule has 1 aliphatic heterocycles. The van der Waals surface area contributed by atoms with Crippen LogP contribution in [0.25, 0.3) is 0 Å². The van der Waals surface area contributed by atoms with Gasteiger partial charge >= 0.3 is 0 Å². The molecule has 0 amide bonds. The fraction of sp³-hybridized carbons (Fsp3) is 0.650. The summed E-state index contributed by atoms with van der Waals surface area (Å²) in [5.74, 6) is 0.973. The number of anilines is 1. The highest BCUT2D eigenvalue weighted by Gasteiger charge is 2.29.